The van der Waals surface area contributed by atoms with E-state index in [0.29, 0.717) is 22.2 Å². The summed E-state index contributed by atoms with van der Waals surface area (Å²) in [7, 11) is 0. The van der Waals surface area contributed by atoms with Crippen molar-refractivity contribution < 1.29 is 8.83 Å². The quantitative estimate of drug-likeness (QED) is 0.430. The second-order valence-corrected chi connectivity index (χ2v) is 6.89. The molecule has 0 unspecified atom stereocenters. The Balaban J connectivity index is 1.84. The van der Waals surface area contributed by atoms with Crippen molar-refractivity contribution in [3.63, 3.8) is 0 Å². The highest BCUT2D eigenvalue weighted by Gasteiger charge is 2.15. The Morgan fingerprint density at radius 3 is 2.58 bits per heavy atom. The van der Waals surface area contributed by atoms with Crippen LogP contribution in [-0.2, 0) is 0 Å². The van der Waals surface area contributed by atoms with Crippen LogP contribution in [0.5, 0.6) is 0 Å². The maximum Gasteiger partial charge on any atom is 0.349 e. The lowest BCUT2D eigenvalue weighted by Crippen LogP contribution is -2.21. The Bertz CT molecular complexity index is 1160. The number of oxazole rings is 1. The number of benzene rings is 2. The standard InChI is InChI=1S/C20H17BrN2O3/c1-3-23(4-2)14-7-5-12-9-15(20(24)26-18(12)11-14)19-22-16-10-13(21)6-8-17(16)25-19/h5-11H,3-4H2,1-2H3. The first kappa shape index (κ1) is 16.8. The van der Waals surface area contributed by atoms with E-state index in [4.69, 9.17) is 8.83 Å². The summed E-state index contributed by atoms with van der Waals surface area (Å²) in [4.78, 5) is 19.1. The number of aromatic nitrogens is 1. The molecule has 0 saturated carbocycles. The van der Waals surface area contributed by atoms with Crippen molar-refractivity contribution in [1.82, 2.24) is 4.98 Å². The van der Waals surface area contributed by atoms with Crippen molar-refractivity contribution in [2.45, 2.75) is 13.8 Å². The van der Waals surface area contributed by atoms with E-state index in [-0.39, 0.29) is 5.89 Å². The van der Waals surface area contributed by atoms with Gasteiger partial charge in [0, 0.05) is 34.7 Å². The summed E-state index contributed by atoms with van der Waals surface area (Å²) >= 11 is 3.41. The van der Waals surface area contributed by atoms with Gasteiger partial charge in [-0.1, -0.05) is 15.9 Å². The molecule has 5 nitrogen and oxygen atoms in total. The monoisotopic (exact) mass is 412 g/mol. The molecule has 4 aromatic rings. The second-order valence-electron chi connectivity index (χ2n) is 5.97. The molecule has 26 heavy (non-hydrogen) atoms. The Kier molecular flexibility index (Phi) is 4.28. The summed E-state index contributed by atoms with van der Waals surface area (Å²) in [5, 5.41) is 0.832. The van der Waals surface area contributed by atoms with Crippen molar-refractivity contribution in [3.8, 4) is 11.5 Å². The van der Waals surface area contributed by atoms with Gasteiger partial charge in [0.05, 0.1) is 0 Å². The molecule has 0 saturated heterocycles. The third-order valence-corrected chi connectivity index (χ3v) is 4.92. The van der Waals surface area contributed by atoms with Gasteiger partial charge in [-0.15, -0.1) is 0 Å². The molecule has 2 heterocycles. The van der Waals surface area contributed by atoms with Gasteiger partial charge >= 0.3 is 5.63 Å². The smallest absolute Gasteiger partial charge is 0.349 e. The number of halogens is 1. The molecule has 0 radical (unpaired) electrons. The van der Waals surface area contributed by atoms with Gasteiger partial charge in [-0.2, -0.15) is 0 Å². The molecule has 2 aromatic heterocycles. The number of hydrogen-bond acceptors (Lipinski definition) is 5. The molecule has 0 atom stereocenters. The first-order valence-electron chi connectivity index (χ1n) is 8.48. The second kappa shape index (κ2) is 6.61. The SMILES string of the molecule is CCN(CC)c1ccc2cc(-c3nc4cc(Br)ccc4o3)c(=O)oc2c1. The van der Waals surface area contributed by atoms with Crippen LogP contribution in [0.1, 0.15) is 13.8 Å². The Morgan fingerprint density at radius 2 is 1.81 bits per heavy atom. The zero-order valence-corrected chi connectivity index (χ0v) is 16.0. The van der Waals surface area contributed by atoms with Gasteiger partial charge in [-0.25, -0.2) is 9.78 Å². The first-order valence-corrected chi connectivity index (χ1v) is 9.27. The third-order valence-electron chi connectivity index (χ3n) is 4.43. The molecule has 6 heteroatoms. The number of rotatable bonds is 4. The van der Waals surface area contributed by atoms with E-state index in [2.05, 4.69) is 39.7 Å². The van der Waals surface area contributed by atoms with Gasteiger partial charge < -0.3 is 13.7 Å². The first-order chi connectivity index (χ1) is 12.6. The van der Waals surface area contributed by atoms with Crippen LogP contribution in [0.25, 0.3) is 33.5 Å². The third kappa shape index (κ3) is 2.90. The number of anilines is 1. The summed E-state index contributed by atoms with van der Waals surface area (Å²) < 4.78 is 12.2. The molecular formula is C20H17BrN2O3. The van der Waals surface area contributed by atoms with Gasteiger partial charge in [0.2, 0.25) is 5.89 Å². The topological polar surface area (TPSA) is 59.5 Å². The highest BCUT2D eigenvalue weighted by atomic mass is 79.9. The molecule has 0 amide bonds. The van der Waals surface area contributed by atoms with Crippen LogP contribution in [0.4, 0.5) is 5.69 Å². The van der Waals surface area contributed by atoms with E-state index in [1.807, 2.05) is 36.4 Å². The normalized spacial score (nSPS) is 11.3. The van der Waals surface area contributed by atoms with Crippen LogP contribution in [0.2, 0.25) is 0 Å². The van der Waals surface area contributed by atoms with Crippen LogP contribution < -0.4 is 10.5 Å². The van der Waals surface area contributed by atoms with Gasteiger partial charge in [0.25, 0.3) is 0 Å². The summed E-state index contributed by atoms with van der Waals surface area (Å²) in [5.41, 5.74) is 2.76. The fourth-order valence-corrected chi connectivity index (χ4v) is 3.40. The van der Waals surface area contributed by atoms with E-state index in [9.17, 15) is 4.79 Å². The van der Waals surface area contributed by atoms with Crippen molar-refractivity contribution in [3.05, 3.63) is 57.4 Å². The lowest BCUT2D eigenvalue weighted by atomic mass is 10.1. The van der Waals surface area contributed by atoms with Gasteiger partial charge in [-0.3, -0.25) is 0 Å². The van der Waals surface area contributed by atoms with E-state index in [1.54, 1.807) is 6.07 Å². The molecule has 0 aliphatic rings. The van der Waals surface area contributed by atoms with Gasteiger partial charge in [0.1, 0.15) is 16.7 Å². The van der Waals surface area contributed by atoms with Crippen LogP contribution in [0.15, 0.2) is 60.6 Å². The number of hydrogen-bond donors (Lipinski definition) is 0. The molecule has 0 bridgehead atoms. The molecule has 0 fully saturated rings. The molecule has 0 N–H and O–H groups in total. The lowest BCUT2D eigenvalue weighted by molar-refractivity contribution is 0.553. The molecule has 4 rings (SSSR count). The van der Waals surface area contributed by atoms with Crippen molar-refractivity contribution in [2.24, 2.45) is 0 Å². The average molecular weight is 413 g/mol. The van der Waals surface area contributed by atoms with Crippen LogP contribution >= 0.6 is 15.9 Å². The minimum Gasteiger partial charge on any atom is -0.436 e. The predicted octanol–water partition coefficient (Wildman–Crippen LogP) is 5.21. The zero-order valence-electron chi connectivity index (χ0n) is 14.5. The summed E-state index contributed by atoms with van der Waals surface area (Å²) in [6.45, 7) is 5.97. The van der Waals surface area contributed by atoms with E-state index < -0.39 is 5.63 Å². The molecule has 2 aromatic carbocycles. The number of fused-ring (bicyclic) bond motifs is 2. The largest absolute Gasteiger partial charge is 0.436 e. The van der Waals surface area contributed by atoms with Crippen LogP contribution in [-0.4, -0.2) is 18.1 Å². The van der Waals surface area contributed by atoms with Crippen molar-refractivity contribution in [2.75, 3.05) is 18.0 Å². The predicted molar refractivity (Wildman–Crippen MR) is 107 cm³/mol. The van der Waals surface area contributed by atoms with E-state index in [1.165, 1.54) is 0 Å². The minimum atomic E-state index is -0.459. The zero-order chi connectivity index (χ0) is 18.3. The van der Waals surface area contributed by atoms with Crippen molar-refractivity contribution >= 4 is 43.7 Å². The average Bonchev–Trinajstić information content (AvgIpc) is 3.05. The molecule has 0 aliphatic heterocycles. The summed E-state index contributed by atoms with van der Waals surface area (Å²) in [6, 6.07) is 13.2. The molecule has 0 spiro atoms. The maximum absolute atomic E-state index is 12.5. The van der Waals surface area contributed by atoms with E-state index in [0.717, 1.165) is 28.6 Å². The summed E-state index contributed by atoms with van der Waals surface area (Å²) in [6.07, 6.45) is 0. The molecular weight excluding hydrogens is 396 g/mol. The van der Waals surface area contributed by atoms with Gasteiger partial charge in [-0.05, 0) is 50.2 Å². The van der Waals surface area contributed by atoms with Crippen molar-refractivity contribution in [1.29, 1.82) is 0 Å². The highest BCUT2D eigenvalue weighted by Crippen LogP contribution is 2.28. The molecule has 132 valence electrons. The molecule has 0 aliphatic carbocycles. The Labute approximate surface area is 158 Å². The minimum absolute atomic E-state index is 0.265. The Hall–Kier alpha value is -2.60. The van der Waals surface area contributed by atoms with E-state index >= 15 is 0 Å². The van der Waals surface area contributed by atoms with Crippen LogP contribution in [0, 0.1) is 0 Å². The van der Waals surface area contributed by atoms with Gasteiger partial charge in [0.15, 0.2) is 5.58 Å². The summed E-state index contributed by atoms with van der Waals surface area (Å²) in [5.74, 6) is 0.265. The number of nitrogens with zero attached hydrogens (tertiary/aromatic N) is 2. The highest BCUT2D eigenvalue weighted by molar-refractivity contribution is 9.10. The fourth-order valence-electron chi connectivity index (χ4n) is 3.05. The lowest BCUT2D eigenvalue weighted by Gasteiger charge is -2.20. The van der Waals surface area contributed by atoms with Crippen LogP contribution in [0.3, 0.4) is 0 Å². The maximum atomic E-state index is 12.5. The Morgan fingerprint density at radius 1 is 1.00 bits per heavy atom. The fraction of sp³-hybridized carbons (Fsp3) is 0.200.